The monoisotopic (exact) mass is 271 g/mol. The van der Waals surface area contributed by atoms with Gasteiger partial charge in [-0.25, -0.2) is 4.98 Å². The largest absolute Gasteiger partial charge is 0.365 e. The molecular weight excluding hydrogens is 254 g/mol. The van der Waals surface area contributed by atoms with Crippen LogP contribution in [0.15, 0.2) is 30.9 Å². The van der Waals surface area contributed by atoms with Gasteiger partial charge in [-0.1, -0.05) is 0 Å². The molecule has 3 heterocycles. The SMILES string of the molecule is Cc1cc(N[C@@H](C)[C@@H](C)n2cccn2)n2ncnc2n1. The number of fused-ring (bicyclic) bond motifs is 1. The first-order chi connectivity index (χ1) is 9.65. The summed E-state index contributed by atoms with van der Waals surface area (Å²) in [5.74, 6) is 1.49. The van der Waals surface area contributed by atoms with Crippen LogP contribution in [0.2, 0.25) is 0 Å². The van der Waals surface area contributed by atoms with Crippen molar-refractivity contribution in [2.45, 2.75) is 32.9 Å². The zero-order valence-electron chi connectivity index (χ0n) is 11.7. The van der Waals surface area contributed by atoms with Gasteiger partial charge in [0.2, 0.25) is 0 Å². The Hall–Kier alpha value is -2.44. The minimum atomic E-state index is 0.184. The zero-order chi connectivity index (χ0) is 14.1. The first kappa shape index (κ1) is 12.6. The van der Waals surface area contributed by atoms with Gasteiger partial charge < -0.3 is 5.32 Å². The number of nitrogens with zero attached hydrogens (tertiary/aromatic N) is 6. The van der Waals surface area contributed by atoms with Crippen LogP contribution in [0.1, 0.15) is 25.6 Å². The third kappa shape index (κ3) is 2.22. The maximum absolute atomic E-state index is 4.33. The summed E-state index contributed by atoms with van der Waals surface area (Å²) >= 11 is 0. The lowest BCUT2D eigenvalue weighted by Gasteiger charge is -2.23. The fraction of sp³-hybridized carbons (Fsp3) is 0.385. The number of rotatable bonds is 4. The summed E-state index contributed by atoms with van der Waals surface area (Å²) < 4.78 is 3.64. The van der Waals surface area contributed by atoms with Gasteiger partial charge in [0.15, 0.2) is 0 Å². The number of nitrogens with one attached hydrogen (secondary N) is 1. The molecule has 7 nitrogen and oxygen atoms in total. The van der Waals surface area contributed by atoms with Crippen molar-refractivity contribution in [3.05, 3.63) is 36.5 Å². The third-order valence-electron chi connectivity index (χ3n) is 3.42. The summed E-state index contributed by atoms with van der Waals surface area (Å²) in [6, 6.07) is 4.30. The van der Waals surface area contributed by atoms with Crippen molar-refractivity contribution in [2.75, 3.05) is 5.32 Å². The van der Waals surface area contributed by atoms with Gasteiger partial charge in [-0.2, -0.15) is 19.7 Å². The first-order valence-electron chi connectivity index (χ1n) is 6.58. The molecule has 0 aliphatic heterocycles. The minimum absolute atomic E-state index is 0.184. The average Bonchev–Trinajstić information content (AvgIpc) is 3.08. The molecule has 0 aliphatic carbocycles. The van der Waals surface area contributed by atoms with Gasteiger partial charge in [0.05, 0.1) is 6.04 Å². The Labute approximate surface area is 116 Å². The fourth-order valence-electron chi connectivity index (χ4n) is 2.14. The molecule has 0 unspecified atom stereocenters. The van der Waals surface area contributed by atoms with E-state index in [1.165, 1.54) is 6.33 Å². The van der Waals surface area contributed by atoms with Crippen LogP contribution in [0, 0.1) is 6.92 Å². The Morgan fingerprint density at radius 3 is 2.85 bits per heavy atom. The third-order valence-corrected chi connectivity index (χ3v) is 3.42. The second-order valence-electron chi connectivity index (χ2n) is 4.91. The lowest BCUT2D eigenvalue weighted by atomic mass is 10.2. The van der Waals surface area contributed by atoms with Crippen molar-refractivity contribution in [3.8, 4) is 0 Å². The van der Waals surface area contributed by atoms with E-state index in [1.807, 2.05) is 29.9 Å². The first-order valence-corrected chi connectivity index (χ1v) is 6.58. The van der Waals surface area contributed by atoms with Crippen LogP contribution >= 0.6 is 0 Å². The summed E-state index contributed by atoms with van der Waals surface area (Å²) in [6.45, 7) is 6.18. The Morgan fingerprint density at radius 1 is 1.25 bits per heavy atom. The fourth-order valence-corrected chi connectivity index (χ4v) is 2.14. The van der Waals surface area contributed by atoms with Crippen LogP contribution in [-0.4, -0.2) is 35.4 Å². The van der Waals surface area contributed by atoms with Crippen LogP contribution in [0.4, 0.5) is 5.82 Å². The molecule has 0 saturated heterocycles. The molecular formula is C13H17N7. The van der Waals surface area contributed by atoms with E-state index in [-0.39, 0.29) is 12.1 Å². The molecule has 0 saturated carbocycles. The van der Waals surface area contributed by atoms with E-state index in [4.69, 9.17) is 0 Å². The minimum Gasteiger partial charge on any atom is -0.365 e. The second kappa shape index (κ2) is 4.92. The number of hydrogen-bond acceptors (Lipinski definition) is 5. The van der Waals surface area contributed by atoms with E-state index >= 15 is 0 Å². The summed E-state index contributed by atoms with van der Waals surface area (Å²) in [4.78, 5) is 8.46. The van der Waals surface area contributed by atoms with Crippen molar-refractivity contribution in [3.63, 3.8) is 0 Å². The van der Waals surface area contributed by atoms with Crippen LogP contribution in [0.3, 0.4) is 0 Å². The molecule has 0 bridgehead atoms. The lowest BCUT2D eigenvalue weighted by molar-refractivity contribution is 0.442. The van der Waals surface area contributed by atoms with E-state index in [0.29, 0.717) is 5.78 Å². The van der Waals surface area contributed by atoms with Crippen LogP contribution in [-0.2, 0) is 0 Å². The van der Waals surface area contributed by atoms with Gasteiger partial charge in [-0.05, 0) is 26.8 Å². The van der Waals surface area contributed by atoms with Gasteiger partial charge in [0.25, 0.3) is 5.78 Å². The van der Waals surface area contributed by atoms with E-state index in [0.717, 1.165) is 11.5 Å². The lowest BCUT2D eigenvalue weighted by Crippen LogP contribution is -2.28. The summed E-state index contributed by atoms with van der Waals surface area (Å²) in [7, 11) is 0. The average molecular weight is 271 g/mol. The van der Waals surface area contributed by atoms with Gasteiger partial charge in [-0.3, -0.25) is 4.68 Å². The van der Waals surface area contributed by atoms with Crippen LogP contribution in [0.5, 0.6) is 0 Å². The number of anilines is 1. The highest BCUT2D eigenvalue weighted by Gasteiger charge is 2.16. The predicted molar refractivity (Wildman–Crippen MR) is 75.5 cm³/mol. The summed E-state index contributed by atoms with van der Waals surface area (Å²) in [6.07, 6.45) is 5.26. The summed E-state index contributed by atoms with van der Waals surface area (Å²) in [5.41, 5.74) is 0.909. The zero-order valence-corrected chi connectivity index (χ0v) is 11.7. The molecule has 3 rings (SSSR count). The molecule has 0 aromatic carbocycles. The normalized spacial score (nSPS) is 14.3. The maximum Gasteiger partial charge on any atom is 0.254 e. The second-order valence-corrected chi connectivity index (χ2v) is 4.91. The molecule has 7 heteroatoms. The van der Waals surface area contributed by atoms with Crippen molar-refractivity contribution >= 4 is 11.6 Å². The van der Waals surface area contributed by atoms with Gasteiger partial charge in [-0.15, -0.1) is 0 Å². The van der Waals surface area contributed by atoms with Gasteiger partial charge >= 0.3 is 0 Å². The summed E-state index contributed by atoms with van der Waals surface area (Å²) in [5, 5.41) is 11.9. The van der Waals surface area contributed by atoms with Gasteiger partial charge in [0, 0.05) is 30.2 Å². The highest BCUT2D eigenvalue weighted by Crippen LogP contribution is 2.16. The molecule has 0 fully saturated rings. The highest BCUT2D eigenvalue weighted by molar-refractivity contribution is 5.45. The number of aromatic nitrogens is 6. The topological polar surface area (TPSA) is 72.9 Å². The van der Waals surface area contributed by atoms with E-state index in [1.54, 1.807) is 10.7 Å². The van der Waals surface area contributed by atoms with E-state index < -0.39 is 0 Å². The Bertz CT molecular complexity index is 701. The highest BCUT2D eigenvalue weighted by atomic mass is 15.4. The Balaban J connectivity index is 1.87. The molecule has 0 radical (unpaired) electrons. The van der Waals surface area contributed by atoms with Gasteiger partial charge in [0.1, 0.15) is 12.1 Å². The van der Waals surface area contributed by atoms with Crippen molar-refractivity contribution in [1.82, 2.24) is 29.4 Å². The van der Waals surface area contributed by atoms with Crippen LogP contribution in [0.25, 0.3) is 5.78 Å². The number of hydrogen-bond donors (Lipinski definition) is 1. The molecule has 0 aliphatic rings. The molecule has 104 valence electrons. The molecule has 3 aromatic rings. The van der Waals surface area contributed by atoms with Crippen molar-refractivity contribution < 1.29 is 0 Å². The standard InChI is InChI=1S/C13H17N7/c1-9-7-12(20-13(17-9)14-8-16-20)18-10(2)11(3)19-6-4-5-15-19/h4-8,10-11,18H,1-3H3/t10-,11+/m0/s1. The molecule has 0 amide bonds. The Morgan fingerprint density at radius 2 is 2.10 bits per heavy atom. The number of aryl methyl sites for hydroxylation is 1. The van der Waals surface area contributed by atoms with Crippen LogP contribution < -0.4 is 5.32 Å². The molecule has 2 atom stereocenters. The molecule has 3 aromatic heterocycles. The smallest absolute Gasteiger partial charge is 0.254 e. The molecule has 1 N–H and O–H groups in total. The van der Waals surface area contributed by atoms with E-state index in [2.05, 4.69) is 39.3 Å². The predicted octanol–water partition coefficient (Wildman–Crippen LogP) is 1.69. The maximum atomic E-state index is 4.33. The quantitative estimate of drug-likeness (QED) is 0.781. The molecule has 0 spiro atoms. The van der Waals surface area contributed by atoms with Crippen molar-refractivity contribution in [1.29, 1.82) is 0 Å². The Kier molecular flexibility index (Phi) is 3.09. The molecule has 20 heavy (non-hydrogen) atoms. The van der Waals surface area contributed by atoms with Crippen molar-refractivity contribution in [2.24, 2.45) is 0 Å². The van der Waals surface area contributed by atoms with E-state index in [9.17, 15) is 0 Å².